The Balaban J connectivity index is 3.46. The fourth-order valence-electron chi connectivity index (χ4n) is 0.534. The second-order valence-electron chi connectivity index (χ2n) is 1.91. The first-order chi connectivity index (χ1) is 4.31. The van der Waals surface area contributed by atoms with Crippen LogP contribution in [0.3, 0.4) is 0 Å². The lowest BCUT2D eigenvalue weighted by atomic mass is 10.2. The molecule has 0 atom stereocenters. The second-order valence-corrected chi connectivity index (χ2v) is 2.29. The van der Waals surface area contributed by atoms with E-state index in [4.69, 9.17) is 18.0 Å². The lowest BCUT2D eigenvalue weighted by Gasteiger charge is -1.90. The Bertz CT molecular complexity index is 128. The van der Waals surface area contributed by atoms with Crippen molar-refractivity contribution in [1.29, 1.82) is 0 Å². The Morgan fingerprint density at radius 2 is 2.44 bits per heavy atom. The van der Waals surface area contributed by atoms with E-state index in [0.29, 0.717) is 5.88 Å². The van der Waals surface area contributed by atoms with Crippen LogP contribution in [0.1, 0.15) is 19.8 Å². The number of alkyl halides is 1. The highest BCUT2D eigenvalue weighted by molar-refractivity contribution is 6.17. The first-order valence-electron chi connectivity index (χ1n) is 2.96. The smallest absolute Gasteiger partial charge is 0.0293 e. The molecule has 1 heteroatoms. The van der Waals surface area contributed by atoms with Crippen molar-refractivity contribution >= 4 is 11.6 Å². The van der Waals surface area contributed by atoms with Gasteiger partial charge in [0.15, 0.2) is 0 Å². The zero-order chi connectivity index (χ0) is 7.11. The molecule has 0 unspecified atom stereocenters. The van der Waals surface area contributed by atoms with Gasteiger partial charge in [-0.1, -0.05) is 11.6 Å². The highest BCUT2D eigenvalue weighted by Crippen LogP contribution is 1.99. The summed E-state index contributed by atoms with van der Waals surface area (Å²) in [6.07, 6.45) is 8.83. The maximum Gasteiger partial charge on any atom is 0.0293 e. The van der Waals surface area contributed by atoms with Crippen LogP contribution in [0.5, 0.6) is 0 Å². The molecule has 0 rings (SSSR count). The predicted octanol–water partition coefficient (Wildman–Crippen LogP) is 2.58. The number of allylic oxidation sites excluding steroid dienone is 2. The number of rotatable bonds is 3. The summed E-state index contributed by atoms with van der Waals surface area (Å²) in [5, 5.41) is 0. The Hall–Kier alpha value is -0.410. The van der Waals surface area contributed by atoms with Gasteiger partial charge in [-0.25, -0.2) is 0 Å². The van der Waals surface area contributed by atoms with Crippen LogP contribution in [-0.4, -0.2) is 5.88 Å². The molecule has 0 radical (unpaired) electrons. The zero-order valence-corrected chi connectivity index (χ0v) is 6.41. The van der Waals surface area contributed by atoms with Crippen molar-refractivity contribution in [1.82, 2.24) is 0 Å². The van der Waals surface area contributed by atoms with E-state index in [9.17, 15) is 0 Å². The zero-order valence-electron chi connectivity index (χ0n) is 5.65. The van der Waals surface area contributed by atoms with Crippen molar-refractivity contribution < 1.29 is 0 Å². The number of terminal acetylenes is 1. The van der Waals surface area contributed by atoms with E-state index in [1.807, 2.05) is 6.92 Å². The SMILES string of the molecule is C#CCC(C)=CCCCl. The van der Waals surface area contributed by atoms with Gasteiger partial charge in [0.05, 0.1) is 0 Å². The van der Waals surface area contributed by atoms with E-state index in [0.717, 1.165) is 12.8 Å². The van der Waals surface area contributed by atoms with Gasteiger partial charge in [0.2, 0.25) is 0 Å². The molecule has 0 aromatic heterocycles. The van der Waals surface area contributed by atoms with E-state index in [1.54, 1.807) is 0 Å². The van der Waals surface area contributed by atoms with E-state index in [1.165, 1.54) is 5.57 Å². The van der Waals surface area contributed by atoms with E-state index < -0.39 is 0 Å². The average Bonchev–Trinajstić information content (AvgIpc) is 1.85. The molecule has 0 nitrogen and oxygen atoms in total. The molecular weight excluding hydrogens is 132 g/mol. The fraction of sp³-hybridized carbons (Fsp3) is 0.500. The van der Waals surface area contributed by atoms with Crippen molar-refractivity contribution in [2.24, 2.45) is 0 Å². The largest absolute Gasteiger partial charge is 0.126 e. The molecule has 0 heterocycles. The maximum absolute atomic E-state index is 5.45. The monoisotopic (exact) mass is 142 g/mol. The Labute approximate surface area is 61.9 Å². The maximum atomic E-state index is 5.45. The third-order valence-corrected chi connectivity index (χ3v) is 1.20. The van der Waals surface area contributed by atoms with Crippen LogP contribution in [0.15, 0.2) is 11.6 Å². The molecule has 50 valence electrons. The average molecular weight is 143 g/mol. The lowest BCUT2D eigenvalue weighted by Crippen LogP contribution is -1.74. The summed E-state index contributed by atoms with van der Waals surface area (Å²) in [6.45, 7) is 2.02. The van der Waals surface area contributed by atoms with E-state index in [-0.39, 0.29) is 0 Å². The van der Waals surface area contributed by atoms with Crippen molar-refractivity contribution in [3.63, 3.8) is 0 Å². The molecule has 0 saturated carbocycles. The van der Waals surface area contributed by atoms with Crippen LogP contribution < -0.4 is 0 Å². The Morgan fingerprint density at radius 3 is 2.89 bits per heavy atom. The van der Waals surface area contributed by atoms with E-state index in [2.05, 4.69) is 12.0 Å². The van der Waals surface area contributed by atoms with Gasteiger partial charge in [-0.15, -0.1) is 23.9 Å². The molecule has 0 aliphatic carbocycles. The summed E-state index contributed by atoms with van der Waals surface area (Å²) in [7, 11) is 0. The summed E-state index contributed by atoms with van der Waals surface area (Å²) >= 11 is 5.45. The summed E-state index contributed by atoms with van der Waals surface area (Å²) < 4.78 is 0. The number of halogens is 1. The quantitative estimate of drug-likeness (QED) is 0.323. The molecule has 0 N–H and O–H groups in total. The molecule has 0 aliphatic rings. The highest BCUT2D eigenvalue weighted by Gasteiger charge is 1.82. The molecule has 0 spiro atoms. The molecular formula is C8H11Cl. The molecule has 0 bridgehead atoms. The normalized spacial score (nSPS) is 11.0. The topological polar surface area (TPSA) is 0 Å². The lowest BCUT2D eigenvalue weighted by molar-refractivity contribution is 1.14. The second kappa shape index (κ2) is 5.72. The summed E-state index contributed by atoms with van der Waals surface area (Å²) in [5.74, 6) is 3.25. The standard InChI is InChI=1S/C8H11Cl/c1-3-5-8(2)6-4-7-9/h1,6H,4-5,7H2,2H3. The predicted molar refractivity (Wildman–Crippen MR) is 42.5 cm³/mol. The number of hydrogen-bond acceptors (Lipinski definition) is 0. The van der Waals surface area contributed by atoms with Gasteiger partial charge in [0, 0.05) is 12.3 Å². The van der Waals surface area contributed by atoms with Crippen LogP contribution in [0, 0.1) is 12.3 Å². The van der Waals surface area contributed by atoms with Crippen LogP contribution in [-0.2, 0) is 0 Å². The van der Waals surface area contributed by atoms with Gasteiger partial charge in [-0.2, -0.15) is 0 Å². The summed E-state index contributed by atoms with van der Waals surface area (Å²) in [4.78, 5) is 0. The van der Waals surface area contributed by atoms with Crippen molar-refractivity contribution in [3.8, 4) is 12.3 Å². The van der Waals surface area contributed by atoms with Crippen molar-refractivity contribution in [2.75, 3.05) is 5.88 Å². The third-order valence-electron chi connectivity index (χ3n) is 0.983. The number of hydrogen-bond donors (Lipinski definition) is 0. The molecule has 0 aromatic carbocycles. The molecule has 9 heavy (non-hydrogen) atoms. The molecule has 0 fully saturated rings. The van der Waals surface area contributed by atoms with Gasteiger partial charge in [-0.05, 0) is 13.3 Å². The third kappa shape index (κ3) is 5.46. The first kappa shape index (κ1) is 8.59. The molecule has 0 aromatic rings. The molecule has 0 aliphatic heterocycles. The van der Waals surface area contributed by atoms with Crippen molar-refractivity contribution in [3.05, 3.63) is 11.6 Å². The minimum absolute atomic E-state index is 0.682. The summed E-state index contributed by atoms with van der Waals surface area (Å²) in [5.41, 5.74) is 1.23. The van der Waals surface area contributed by atoms with E-state index >= 15 is 0 Å². The van der Waals surface area contributed by atoms with Gasteiger partial charge >= 0.3 is 0 Å². The highest BCUT2D eigenvalue weighted by atomic mass is 35.5. The summed E-state index contributed by atoms with van der Waals surface area (Å²) in [6, 6.07) is 0. The van der Waals surface area contributed by atoms with Gasteiger partial charge in [0.25, 0.3) is 0 Å². The van der Waals surface area contributed by atoms with Crippen LogP contribution in [0.2, 0.25) is 0 Å². The van der Waals surface area contributed by atoms with Crippen LogP contribution in [0.25, 0.3) is 0 Å². The van der Waals surface area contributed by atoms with Gasteiger partial charge < -0.3 is 0 Å². The first-order valence-corrected chi connectivity index (χ1v) is 3.49. The van der Waals surface area contributed by atoms with Crippen molar-refractivity contribution in [2.45, 2.75) is 19.8 Å². The minimum atomic E-state index is 0.682. The van der Waals surface area contributed by atoms with Gasteiger partial charge in [-0.3, -0.25) is 0 Å². The minimum Gasteiger partial charge on any atom is -0.126 e. The Morgan fingerprint density at radius 1 is 1.78 bits per heavy atom. The van der Waals surface area contributed by atoms with Crippen LogP contribution in [0.4, 0.5) is 0 Å². The molecule has 0 amide bonds. The fourth-order valence-corrected chi connectivity index (χ4v) is 0.643. The van der Waals surface area contributed by atoms with Gasteiger partial charge in [0.1, 0.15) is 0 Å². The Kier molecular flexibility index (Phi) is 5.46. The van der Waals surface area contributed by atoms with Crippen LogP contribution >= 0.6 is 11.6 Å². The molecule has 0 saturated heterocycles.